The number of carbonyl (C=O) groups excluding carboxylic acids is 2. The van der Waals surface area contributed by atoms with Gasteiger partial charge < -0.3 is 21.4 Å². The van der Waals surface area contributed by atoms with Crippen LogP contribution < -0.4 is 21.7 Å². The standard InChI is InChI=1S/C27H29N7O2.ClH/c28-26(29)19-10-8-18(9-11-19)15-33-25(23-7-3-4-13-30-23)27(36)34-17-24(35)31-14-12-20-16-32-22-6-2-1-5-21(20)22;/h1-11,13,16,25,32-33H,12,14-15,17H2,(H3,28,29)(H,31,35)(H,34,36);1H. The maximum absolute atomic E-state index is 13.0. The van der Waals surface area contributed by atoms with E-state index in [0.29, 0.717) is 30.8 Å². The number of amidine groups is 1. The van der Waals surface area contributed by atoms with Gasteiger partial charge in [-0.25, -0.2) is 0 Å². The quantitative estimate of drug-likeness (QED) is 0.133. The van der Waals surface area contributed by atoms with Crippen LogP contribution in [0.4, 0.5) is 0 Å². The van der Waals surface area contributed by atoms with Crippen molar-refractivity contribution >= 4 is 41.0 Å². The lowest BCUT2D eigenvalue weighted by Crippen LogP contribution is -2.43. The first-order chi connectivity index (χ1) is 17.5. The Labute approximate surface area is 221 Å². The molecule has 1 unspecified atom stereocenters. The summed E-state index contributed by atoms with van der Waals surface area (Å²) in [5.41, 5.74) is 9.81. The summed E-state index contributed by atoms with van der Waals surface area (Å²) in [5, 5.41) is 17.4. The van der Waals surface area contributed by atoms with Crippen molar-refractivity contribution in [2.75, 3.05) is 13.1 Å². The van der Waals surface area contributed by atoms with E-state index in [9.17, 15) is 9.59 Å². The van der Waals surface area contributed by atoms with Crippen molar-refractivity contribution in [1.29, 1.82) is 5.41 Å². The number of nitrogens with two attached hydrogens (primary N) is 1. The number of H-pyrrole nitrogens is 1. The maximum atomic E-state index is 13.0. The zero-order valence-electron chi connectivity index (χ0n) is 20.2. The first kappa shape index (κ1) is 27.4. The molecule has 0 spiro atoms. The normalized spacial score (nSPS) is 11.4. The number of halogens is 1. The second kappa shape index (κ2) is 13.2. The van der Waals surface area contributed by atoms with Gasteiger partial charge in [-0.2, -0.15) is 0 Å². The maximum Gasteiger partial charge on any atom is 0.243 e. The molecule has 4 rings (SSSR count). The van der Waals surface area contributed by atoms with E-state index in [0.717, 1.165) is 22.0 Å². The topological polar surface area (TPSA) is 149 Å². The number of benzene rings is 2. The second-order valence-corrected chi connectivity index (χ2v) is 8.36. The fraction of sp³-hybridized carbons (Fsp3) is 0.185. The largest absolute Gasteiger partial charge is 0.384 e. The summed E-state index contributed by atoms with van der Waals surface area (Å²) in [5.74, 6) is -0.608. The molecule has 0 aliphatic heterocycles. The molecular weight excluding hydrogens is 490 g/mol. The van der Waals surface area contributed by atoms with Gasteiger partial charge in [0.05, 0.1) is 12.2 Å². The lowest BCUT2D eigenvalue weighted by molar-refractivity contribution is -0.127. The third-order valence-electron chi connectivity index (χ3n) is 5.84. The Balaban J connectivity index is 0.00000380. The van der Waals surface area contributed by atoms with Gasteiger partial charge in [0, 0.05) is 41.9 Å². The first-order valence-corrected chi connectivity index (χ1v) is 11.7. The zero-order chi connectivity index (χ0) is 25.3. The summed E-state index contributed by atoms with van der Waals surface area (Å²) < 4.78 is 0. The molecule has 0 saturated carbocycles. The van der Waals surface area contributed by atoms with E-state index in [1.165, 1.54) is 0 Å². The molecule has 0 aliphatic rings. The highest BCUT2D eigenvalue weighted by molar-refractivity contribution is 5.94. The fourth-order valence-corrected chi connectivity index (χ4v) is 3.91. The van der Waals surface area contributed by atoms with Crippen LogP contribution in [0.15, 0.2) is 79.1 Å². The highest BCUT2D eigenvalue weighted by Gasteiger charge is 2.22. The van der Waals surface area contributed by atoms with E-state index in [1.807, 2.05) is 48.7 Å². The Morgan fingerprint density at radius 1 is 1.00 bits per heavy atom. The van der Waals surface area contributed by atoms with Gasteiger partial charge in [-0.1, -0.05) is 48.5 Å². The molecule has 1 atom stereocenters. The van der Waals surface area contributed by atoms with E-state index in [1.54, 1.807) is 30.5 Å². The van der Waals surface area contributed by atoms with E-state index < -0.39 is 6.04 Å². The highest BCUT2D eigenvalue weighted by atomic mass is 35.5. The number of hydrogen-bond donors (Lipinski definition) is 6. The summed E-state index contributed by atoms with van der Waals surface area (Å²) in [4.78, 5) is 32.9. The molecule has 2 heterocycles. The SMILES string of the molecule is Cl.N=C(N)c1ccc(CNC(C(=O)NCC(=O)NCCc2c[nH]c3ccccc23)c2ccccn2)cc1. The number of hydrogen-bond acceptors (Lipinski definition) is 5. The molecule has 0 fully saturated rings. The number of rotatable bonds is 11. The predicted molar refractivity (Wildman–Crippen MR) is 147 cm³/mol. The summed E-state index contributed by atoms with van der Waals surface area (Å²) >= 11 is 0. The number of fused-ring (bicyclic) bond motifs is 1. The van der Waals surface area contributed by atoms with Gasteiger partial charge in [0.25, 0.3) is 0 Å². The molecule has 192 valence electrons. The molecule has 2 amide bonds. The zero-order valence-corrected chi connectivity index (χ0v) is 21.0. The molecule has 37 heavy (non-hydrogen) atoms. The molecule has 2 aromatic heterocycles. The smallest absolute Gasteiger partial charge is 0.243 e. The number of nitrogen functional groups attached to an aromatic ring is 1. The third kappa shape index (κ3) is 7.39. The van der Waals surface area contributed by atoms with E-state index in [2.05, 4.69) is 25.9 Å². The van der Waals surface area contributed by atoms with Crippen molar-refractivity contribution in [1.82, 2.24) is 25.9 Å². The van der Waals surface area contributed by atoms with Gasteiger partial charge in [0.2, 0.25) is 11.8 Å². The molecule has 9 nitrogen and oxygen atoms in total. The molecule has 2 aromatic carbocycles. The van der Waals surface area contributed by atoms with Gasteiger partial charge in [0.15, 0.2) is 0 Å². The van der Waals surface area contributed by atoms with Crippen molar-refractivity contribution in [3.05, 3.63) is 102 Å². The molecule has 7 N–H and O–H groups in total. The molecule has 0 aliphatic carbocycles. The summed E-state index contributed by atoms with van der Waals surface area (Å²) in [7, 11) is 0. The highest BCUT2D eigenvalue weighted by Crippen LogP contribution is 2.17. The molecule has 0 bridgehead atoms. The van der Waals surface area contributed by atoms with Crippen LogP contribution in [0.1, 0.15) is 28.4 Å². The number of nitrogens with one attached hydrogen (secondary N) is 5. The number of nitrogens with zero attached hydrogens (tertiary/aromatic N) is 1. The minimum atomic E-state index is -0.738. The molecule has 10 heteroatoms. The van der Waals surface area contributed by atoms with Crippen molar-refractivity contribution in [3.63, 3.8) is 0 Å². The van der Waals surface area contributed by atoms with Crippen molar-refractivity contribution in [3.8, 4) is 0 Å². The Bertz CT molecular complexity index is 1340. The average Bonchev–Trinajstić information content (AvgIpc) is 3.31. The van der Waals surface area contributed by atoms with E-state index >= 15 is 0 Å². The number of carbonyl (C=O) groups is 2. The van der Waals surface area contributed by atoms with Gasteiger partial charge in [-0.05, 0) is 35.7 Å². The average molecular weight is 520 g/mol. The van der Waals surface area contributed by atoms with Gasteiger partial charge in [-0.15, -0.1) is 12.4 Å². The Morgan fingerprint density at radius 3 is 2.49 bits per heavy atom. The first-order valence-electron chi connectivity index (χ1n) is 11.7. The van der Waals surface area contributed by atoms with Crippen LogP contribution in [0.3, 0.4) is 0 Å². The second-order valence-electron chi connectivity index (χ2n) is 8.36. The summed E-state index contributed by atoms with van der Waals surface area (Å²) in [6.45, 7) is 0.726. The number of para-hydroxylation sites is 1. The van der Waals surface area contributed by atoms with Crippen LogP contribution in [0.5, 0.6) is 0 Å². The van der Waals surface area contributed by atoms with Crippen LogP contribution in [0.2, 0.25) is 0 Å². The van der Waals surface area contributed by atoms with Crippen molar-refractivity contribution in [2.45, 2.75) is 19.0 Å². The number of aromatic amines is 1. The minimum Gasteiger partial charge on any atom is -0.384 e. The fourth-order valence-electron chi connectivity index (χ4n) is 3.91. The lowest BCUT2D eigenvalue weighted by Gasteiger charge is -2.18. The number of amides is 2. The Morgan fingerprint density at radius 2 is 1.76 bits per heavy atom. The van der Waals surface area contributed by atoms with Crippen molar-refractivity contribution in [2.24, 2.45) is 5.73 Å². The number of pyridine rings is 1. The van der Waals surface area contributed by atoms with Gasteiger partial charge >= 0.3 is 0 Å². The number of aromatic nitrogens is 2. The van der Waals surface area contributed by atoms with Crippen LogP contribution in [0.25, 0.3) is 10.9 Å². The van der Waals surface area contributed by atoms with Crippen LogP contribution in [-0.4, -0.2) is 40.7 Å². The third-order valence-corrected chi connectivity index (χ3v) is 5.84. The van der Waals surface area contributed by atoms with Gasteiger partial charge in [0.1, 0.15) is 11.9 Å². The van der Waals surface area contributed by atoms with Crippen LogP contribution >= 0.6 is 12.4 Å². The van der Waals surface area contributed by atoms with Crippen LogP contribution in [0, 0.1) is 5.41 Å². The predicted octanol–water partition coefficient (Wildman–Crippen LogP) is 2.57. The molecular formula is C27H30ClN7O2. The van der Waals surface area contributed by atoms with Gasteiger partial charge in [-0.3, -0.25) is 25.3 Å². The van der Waals surface area contributed by atoms with E-state index in [4.69, 9.17) is 11.1 Å². The Kier molecular flexibility index (Phi) is 9.76. The minimum absolute atomic E-state index is 0. The molecule has 0 saturated heterocycles. The molecule has 4 aromatic rings. The lowest BCUT2D eigenvalue weighted by atomic mass is 10.1. The Hall–Kier alpha value is -4.21. The monoisotopic (exact) mass is 519 g/mol. The summed E-state index contributed by atoms with van der Waals surface area (Å²) in [6.07, 6.45) is 4.26. The van der Waals surface area contributed by atoms with Crippen LogP contribution in [-0.2, 0) is 22.6 Å². The summed E-state index contributed by atoms with van der Waals surface area (Å²) in [6, 6.07) is 19.8. The van der Waals surface area contributed by atoms with Crippen molar-refractivity contribution < 1.29 is 9.59 Å². The molecule has 0 radical (unpaired) electrons. The van der Waals surface area contributed by atoms with E-state index in [-0.39, 0.29) is 36.6 Å².